The van der Waals surface area contributed by atoms with Gasteiger partial charge in [-0.15, -0.1) is 10.2 Å². The third kappa shape index (κ3) is 2.94. The molecule has 0 saturated carbocycles. The number of hydrogen-bond donors (Lipinski definition) is 2. The molecule has 1 aliphatic heterocycles. The molecule has 7 heteroatoms. The lowest BCUT2D eigenvalue weighted by atomic mass is 10.2. The van der Waals surface area contributed by atoms with Crippen molar-refractivity contribution < 1.29 is 9.53 Å². The van der Waals surface area contributed by atoms with Gasteiger partial charge in [-0.2, -0.15) is 0 Å². The van der Waals surface area contributed by atoms with Crippen LogP contribution in [0.4, 0.5) is 4.79 Å². The van der Waals surface area contributed by atoms with Gasteiger partial charge in [0.15, 0.2) is 5.82 Å². The van der Waals surface area contributed by atoms with E-state index in [0.29, 0.717) is 13.2 Å². The van der Waals surface area contributed by atoms with Crippen LogP contribution in [0.2, 0.25) is 0 Å². The molecule has 7 nitrogen and oxygen atoms in total. The largest absolute Gasteiger partial charge is 0.379 e. The number of aromatic nitrogens is 3. The molecule has 0 spiro atoms. The standard InChI is InChI=1S/C10H17N5O2/c1-7(9-14-11-6-15(9)2)12-10(16)13-8-3-4-17-5-8/h6-8H,3-5H2,1-2H3,(H2,12,13,16). The Balaban J connectivity index is 1.83. The maximum atomic E-state index is 11.7. The third-order valence-electron chi connectivity index (χ3n) is 2.75. The van der Waals surface area contributed by atoms with Gasteiger partial charge in [-0.25, -0.2) is 4.79 Å². The van der Waals surface area contributed by atoms with Crippen molar-refractivity contribution in [3.8, 4) is 0 Å². The molecule has 94 valence electrons. The molecule has 1 aromatic rings. The first-order valence-corrected chi connectivity index (χ1v) is 5.65. The Hall–Kier alpha value is -1.63. The smallest absolute Gasteiger partial charge is 0.315 e. The minimum Gasteiger partial charge on any atom is -0.379 e. The zero-order valence-electron chi connectivity index (χ0n) is 10.0. The van der Waals surface area contributed by atoms with Crippen molar-refractivity contribution in [2.45, 2.75) is 25.4 Å². The highest BCUT2D eigenvalue weighted by molar-refractivity contribution is 5.74. The Bertz CT molecular complexity index is 386. The molecule has 2 heterocycles. The maximum Gasteiger partial charge on any atom is 0.315 e. The van der Waals surface area contributed by atoms with Crippen molar-refractivity contribution in [2.75, 3.05) is 13.2 Å². The number of aryl methyl sites for hydroxylation is 1. The van der Waals surface area contributed by atoms with Gasteiger partial charge in [-0.05, 0) is 13.3 Å². The normalized spacial score (nSPS) is 21.2. The van der Waals surface area contributed by atoms with Crippen LogP contribution in [0.15, 0.2) is 6.33 Å². The Morgan fingerprint density at radius 1 is 1.71 bits per heavy atom. The predicted molar refractivity (Wildman–Crippen MR) is 60.3 cm³/mol. The van der Waals surface area contributed by atoms with Crippen LogP contribution in [0, 0.1) is 0 Å². The second-order valence-corrected chi connectivity index (χ2v) is 4.20. The molecule has 0 aromatic carbocycles. The van der Waals surface area contributed by atoms with Crippen molar-refractivity contribution in [3.05, 3.63) is 12.2 Å². The number of ether oxygens (including phenoxy) is 1. The summed E-state index contributed by atoms with van der Waals surface area (Å²) < 4.78 is 6.97. The van der Waals surface area contributed by atoms with E-state index in [0.717, 1.165) is 12.2 Å². The van der Waals surface area contributed by atoms with Gasteiger partial charge in [0.05, 0.1) is 18.7 Å². The van der Waals surface area contributed by atoms with E-state index in [1.807, 2.05) is 14.0 Å². The fraction of sp³-hybridized carbons (Fsp3) is 0.700. The molecule has 1 aromatic heterocycles. The molecular formula is C10H17N5O2. The van der Waals surface area contributed by atoms with Crippen molar-refractivity contribution in [2.24, 2.45) is 7.05 Å². The highest BCUT2D eigenvalue weighted by Crippen LogP contribution is 2.07. The number of carbonyl (C=O) groups excluding carboxylic acids is 1. The topological polar surface area (TPSA) is 81.1 Å². The van der Waals surface area contributed by atoms with Crippen molar-refractivity contribution in [3.63, 3.8) is 0 Å². The zero-order valence-corrected chi connectivity index (χ0v) is 10.0. The minimum atomic E-state index is -0.198. The average Bonchev–Trinajstić information content (AvgIpc) is 2.88. The summed E-state index contributed by atoms with van der Waals surface area (Å²) in [7, 11) is 1.84. The summed E-state index contributed by atoms with van der Waals surface area (Å²) in [6.45, 7) is 3.17. The lowest BCUT2D eigenvalue weighted by Gasteiger charge is -2.16. The number of nitrogens with one attached hydrogen (secondary N) is 2. The highest BCUT2D eigenvalue weighted by atomic mass is 16.5. The molecule has 2 unspecified atom stereocenters. The average molecular weight is 239 g/mol. The zero-order chi connectivity index (χ0) is 12.3. The summed E-state index contributed by atoms with van der Waals surface area (Å²) in [6, 6.07) is -0.262. The van der Waals surface area contributed by atoms with E-state index in [9.17, 15) is 4.79 Å². The first-order valence-electron chi connectivity index (χ1n) is 5.65. The number of urea groups is 1. The molecule has 0 bridgehead atoms. The van der Waals surface area contributed by atoms with Crippen LogP contribution >= 0.6 is 0 Å². The molecule has 0 aliphatic carbocycles. The molecule has 1 aliphatic rings. The van der Waals surface area contributed by atoms with E-state index in [2.05, 4.69) is 20.8 Å². The number of hydrogen-bond acceptors (Lipinski definition) is 4. The van der Waals surface area contributed by atoms with Crippen molar-refractivity contribution in [1.29, 1.82) is 0 Å². The van der Waals surface area contributed by atoms with Gasteiger partial charge in [0.1, 0.15) is 6.33 Å². The summed E-state index contributed by atoms with van der Waals surface area (Å²) >= 11 is 0. The van der Waals surface area contributed by atoms with Gasteiger partial charge < -0.3 is 19.9 Å². The molecule has 1 fully saturated rings. The van der Waals surface area contributed by atoms with E-state index in [1.165, 1.54) is 0 Å². The van der Waals surface area contributed by atoms with Crippen LogP contribution in [0.3, 0.4) is 0 Å². The molecule has 2 atom stereocenters. The van der Waals surface area contributed by atoms with Gasteiger partial charge in [-0.3, -0.25) is 0 Å². The maximum absolute atomic E-state index is 11.7. The van der Waals surface area contributed by atoms with E-state index in [1.54, 1.807) is 10.9 Å². The van der Waals surface area contributed by atoms with Crippen LogP contribution in [0.1, 0.15) is 25.2 Å². The van der Waals surface area contributed by atoms with Crippen LogP contribution in [0.25, 0.3) is 0 Å². The number of rotatable bonds is 3. The summed E-state index contributed by atoms with van der Waals surface area (Å²) in [6.07, 6.45) is 2.47. The monoisotopic (exact) mass is 239 g/mol. The van der Waals surface area contributed by atoms with E-state index >= 15 is 0 Å². The van der Waals surface area contributed by atoms with Crippen LogP contribution in [-0.2, 0) is 11.8 Å². The summed E-state index contributed by atoms with van der Waals surface area (Å²) in [4.78, 5) is 11.7. The fourth-order valence-corrected chi connectivity index (χ4v) is 1.82. The minimum absolute atomic E-state index is 0.113. The van der Waals surface area contributed by atoms with Gasteiger partial charge in [0.25, 0.3) is 0 Å². The highest BCUT2D eigenvalue weighted by Gasteiger charge is 2.20. The Morgan fingerprint density at radius 2 is 2.53 bits per heavy atom. The second-order valence-electron chi connectivity index (χ2n) is 4.20. The first-order chi connectivity index (χ1) is 8.16. The second kappa shape index (κ2) is 5.13. The SMILES string of the molecule is CC(NC(=O)NC1CCOC1)c1nncn1C. The summed E-state index contributed by atoms with van der Waals surface area (Å²) in [5, 5.41) is 13.4. The molecule has 2 N–H and O–H groups in total. The molecule has 17 heavy (non-hydrogen) atoms. The van der Waals surface area contributed by atoms with Crippen molar-refractivity contribution >= 4 is 6.03 Å². The summed E-state index contributed by atoms with van der Waals surface area (Å²) in [5.74, 6) is 0.725. The van der Waals surface area contributed by atoms with Crippen LogP contribution in [0.5, 0.6) is 0 Å². The predicted octanol–water partition coefficient (Wildman–Crippen LogP) is -0.0358. The van der Waals surface area contributed by atoms with Crippen molar-refractivity contribution in [1.82, 2.24) is 25.4 Å². The molecule has 0 radical (unpaired) electrons. The Labute approximate surface area is 99.5 Å². The number of carbonyl (C=O) groups is 1. The molecule has 2 amide bonds. The third-order valence-corrected chi connectivity index (χ3v) is 2.75. The molecule has 1 saturated heterocycles. The summed E-state index contributed by atoms with van der Waals surface area (Å²) in [5.41, 5.74) is 0. The van der Waals surface area contributed by atoms with Crippen LogP contribution in [-0.4, -0.2) is 40.1 Å². The van der Waals surface area contributed by atoms with Gasteiger partial charge >= 0.3 is 6.03 Å². The molecule has 2 rings (SSSR count). The first kappa shape index (κ1) is 11.8. The Morgan fingerprint density at radius 3 is 3.12 bits per heavy atom. The Kier molecular flexibility index (Phi) is 3.58. The van der Waals surface area contributed by atoms with Gasteiger partial charge in [0, 0.05) is 13.7 Å². The quantitative estimate of drug-likeness (QED) is 0.775. The van der Waals surface area contributed by atoms with Gasteiger partial charge in [0.2, 0.25) is 0 Å². The molecular weight excluding hydrogens is 222 g/mol. The van der Waals surface area contributed by atoms with E-state index in [-0.39, 0.29) is 18.1 Å². The van der Waals surface area contributed by atoms with E-state index < -0.39 is 0 Å². The van der Waals surface area contributed by atoms with E-state index in [4.69, 9.17) is 4.74 Å². The van der Waals surface area contributed by atoms with Crippen LogP contribution < -0.4 is 10.6 Å². The fourth-order valence-electron chi connectivity index (χ4n) is 1.82. The lowest BCUT2D eigenvalue weighted by Crippen LogP contribution is -2.43. The number of amides is 2. The van der Waals surface area contributed by atoms with Gasteiger partial charge in [-0.1, -0.05) is 0 Å². The lowest BCUT2D eigenvalue weighted by molar-refractivity contribution is 0.188. The number of nitrogens with zero attached hydrogens (tertiary/aromatic N) is 3.